The molecule has 1 aliphatic heterocycles. The van der Waals surface area contributed by atoms with E-state index in [-0.39, 0.29) is 30.8 Å². The van der Waals surface area contributed by atoms with Gasteiger partial charge in [0.15, 0.2) is 0 Å². The minimum absolute atomic E-state index is 0.0390. The van der Waals surface area contributed by atoms with Crippen LogP contribution in [0.5, 0.6) is 5.88 Å². The van der Waals surface area contributed by atoms with Crippen LogP contribution in [0.3, 0.4) is 0 Å². The van der Waals surface area contributed by atoms with Crippen molar-refractivity contribution in [3.63, 3.8) is 0 Å². The first-order chi connectivity index (χ1) is 10.6. The lowest BCUT2D eigenvalue weighted by Crippen LogP contribution is -2.31. The standard InChI is InChI=1S/C15H19BrN2O4/c1-2-21-15(20)6-5-14(19)18-8-7-12(10-18)22-13-4-3-11(16)9-17-13/h3-4,9,12H,2,5-8,10H2,1H3/t12-/m0/s1. The maximum atomic E-state index is 12.0. The van der Waals surface area contributed by atoms with Gasteiger partial charge in [0.25, 0.3) is 0 Å². The van der Waals surface area contributed by atoms with Crippen LogP contribution >= 0.6 is 15.9 Å². The normalized spacial score (nSPS) is 17.4. The molecule has 7 heteroatoms. The molecule has 0 bridgehead atoms. The Labute approximate surface area is 137 Å². The van der Waals surface area contributed by atoms with Gasteiger partial charge in [-0.1, -0.05) is 0 Å². The second kappa shape index (κ2) is 8.12. The molecule has 1 aromatic rings. The lowest BCUT2D eigenvalue weighted by Gasteiger charge is -2.16. The van der Waals surface area contributed by atoms with Crippen molar-refractivity contribution in [2.75, 3.05) is 19.7 Å². The van der Waals surface area contributed by atoms with Crippen LogP contribution in [0, 0.1) is 0 Å². The molecule has 2 rings (SSSR count). The van der Waals surface area contributed by atoms with Gasteiger partial charge in [-0.15, -0.1) is 0 Å². The van der Waals surface area contributed by atoms with Gasteiger partial charge in [-0.25, -0.2) is 4.98 Å². The van der Waals surface area contributed by atoms with Crippen molar-refractivity contribution in [2.24, 2.45) is 0 Å². The molecule has 0 aromatic carbocycles. The van der Waals surface area contributed by atoms with Crippen LogP contribution in [0.2, 0.25) is 0 Å². The molecule has 0 radical (unpaired) electrons. The SMILES string of the molecule is CCOC(=O)CCC(=O)N1CC[C@H](Oc2ccc(Br)cn2)C1. The van der Waals surface area contributed by atoms with Crippen molar-refractivity contribution in [3.8, 4) is 5.88 Å². The largest absolute Gasteiger partial charge is 0.472 e. The van der Waals surface area contributed by atoms with E-state index in [2.05, 4.69) is 20.9 Å². The first-order valence-corrected chi connectivity index (χ1v) is 8.09. The molecule has 1 aromatic heterocycles. The van der Waals surface area contributed by atoms with Crippen LogP contribution in [0.25, 0.3) is 0 Å². The third-order valence-corrected chi connectivity index (χ3v) is 3.80. The highest BCUT2D eigenvalue weighted by Crippen LogP contribution is 2.19. The quantitative estimate of drug-likeness (QED) is 0.717. The van der Waals surface area contributed by atoms with E-state index in [1.54, 1.807) is 24.1 Å². The number of carbonyl (C=O) groups is 2. The number of hydrogen-bond acceptors (Lipinski definition) is 5. The van der Waals surface area contributed by atoms with Gasteiger partial charge < -0.3 is 14.4 Å². The Morgan fingerprint density at radius 2 is 2.23 bits per heavy atom. The average molecular weight is 371 g/mol. The molecule has 0 aliphatic carbocycles. The van der Waals surface area contributed by atoms with Crippen molar-refractivity contribution >= 4 is 27.8 Å². The van der Waals surface area contributed by atoms with Crippen molar-refractivity contribution in [1.29, 1.82) is 0 Å². The highest BCUT2D eigenvalue weighted by atomic mass is 79.9. The lowest BCUT2D eigenvalue weighted by atomic mass is 10.3. The summed E-state index contributed by atoms with van der Waals surface area (Å²) in [5, 5.41) is 0. The summed E-state index contributed by atoms with van der Waals surface area (Å²) in [7, 11) is 0. The van der Waals surface area contributed by atoms with E-state index in [1.807, 2.05) is 6.07 Å². The van der Waals surface area contributed by atoms with E-state index in [4.69, 9.17) is 9.47 Å². The molecule has 1 atom stereocenters. The molecule has 2 heterocycles. The van der Waals surface area contributed by atoms with Gasteiger partial charge in [-0.2, -0.15) is 0 Å². The molecular formula is C15H19BrN2O4. The molecule has 120 valence electrons. The number of likely N-dealkylation sites (tertiary alicyclic amines) is 1. The Balaban J connectivity index is 1.76. The molecule has 1 fully saturated rings. The second-order valence-electron chi connectivity index (χ2n) is 4.99. The fraction of sp³-hybridized carbons (Fsp3) is 0.533. The zero-order valence-electron chi connectivity index (χ0n) is 12.5. The Hall–Kier alpha value is -1.63. The first kappa shape index (κ1) is 16.7. The van der Waals surface area contributed by atoms with Gasteiger partial charge >= 0.3 is 5.97 Å². The molecular weight excluding hydrogens is 352 g/mol. The van der Waals surface area contributed by atoms with E-state index >= 15 is 0 Å². The predicted octanol–water partition coefficient (Wildman–Crippen LogP) is 2.17. The summed E-state index contributed by atoms with van der Waals surface area (Å²) < 4.78 is 11.5. The van der Waals surface area contributed by atoms with E-state index in [1.165, 1.54) is 0 Å². The Morgan fingerprint density at radius 1 is 1.41 bits per heavy atom. The predicted molar refractivity (Wildman–Crippen MR) is 83.4 cm³/mol. The van der Waals surface area contributed by atoms with Gasteiger partial charge in [0.2, 0.25) is 11.8 Å². The van der Waals surface area contributed by atoms with Gasteiger partial charge in [-0.3, -0.25) is 9.59 Å². The van der Waals surface area contributed by atoms with Crippen LogP contribution < -0.4 is 4.74 Å². The molecule has 0 saturated carbocycles. The number of rotatable bonds is 6. The van der Waals surface area contributed by atoms with Gasteiger partial charge in [0, 0.05) is 36.1 Å². The first-order valence-electron chi connectivity index (χ1n) is 7.30. The van der Waals surface area contributed by atoms with Crippen LogP contribution in [-0.4, -0.2) is 47.6 Å². The smallest absolute Gasteiger partial charge is 0.306 e. The number of pyridine rings is 1. The molecule has 22 heavy (non-hydrogen) atoms. The number of aromatic nitrogens is 1. The molecule has 0 unspecified atom stereocenters. The van der Waals surface area contributed by atoms with Crippen molar-refractivity contribution in [1.82, 2.24) is 9.88 Å². The second-order valence-corrected chi connectivity index (χ2v) is 5.90. The summed E-state index contributed by atoms with van der Waals surface area (Å²) in [6.07, 6.45) is 2.70. The maximum Gasteiger partial charge on any atom is 0.306 e. The number of hydrogen-bond donors (Lipinski definition) is 0. The monoisotopic (exact) mass is 370 g/mol. The Kier molecular flexibility index (Phi) is 6.18. The third kappa shape index (κ3) is 4.98. The minimum Gasteiger partial charge on any atom is -0.472 e. The number of amides is 1. The van der Waals surface area contributed by atoms with E-state index in [9.17, 15) is 9.59 Å². The summed E-state index contributed by atoms with van der Waals surface area (Å²) >= 11 is 3.32. The fourth-order valence-corrected chi connectivity index (χ4v) is 2.49. The highest BCUT2D eigenvalue weighted by Gasteiger charge is 2.28. The van der Waals surface area contributed by atoms with E-state index < -0.39 is 0 Å². The van der Waals surface area contributed by atoms with Crippen molar-refractivity contribution in [2.45, 2.75) is 32.3 Å². The molecule has 1 amide bonds. The summed E-state index contributed by atoms with van der Waals surface area (Å²) in [6.45, 7) is 3.26. The molecule has 0 N–H and O–H groups in total. The number of ether oxygens (including phenoxy) is 2. The summed E-state index contributed by atoms with van der Waals surface area (Å²) in [5.41, 5.74) is 0. The van der Waals surface area contributed by atoms with Gasteiger partial charge in [0.05, 0.1) is 19.6 Å². The molecule has 0 spiro atoms. The Bertz CT molecular complexity index is 521. The molecule has 1 aliphatic rings. The van der Waals surface area contributed by atoms with Crippen LogP contribution in [-0.2, 0) is 14.3 Å². The number of esters is 1. The zero-order chi connectivity index (χ0) is 15.9. The van der Waals surface area contributed by atoms with Crippen molar-refractivity contribution < 1.29 is 19.1 Å². The van der Waals surface area contributed by atoms with Crippen LogP contribution in [0.1, 0.15) is 26.2 Å². The molecule has 1 saturated heterocycles. The fourth-order valence-electron chi connectivity index (χ4n) is 2.25. The van der Waals surface area contributed by atoms with Crippen LogP contribution in [0.4, 0.5) is 0 Å². The number of carbonyl (C=O) groups excluding carboxylic acids is 2. The zero-order valence-corrected chi connectivity index (χ0v) is 14.0. The average Bonchev–Trinajstić information content (AvgIpc) is 2.96. The van der Waals surface area contributed by atoms with E-state index in [0.29, 0.717) is 25.6 Å². The topological polar surface area (TPSA) is 68.7 Å². The summed E-state index contributed by atoms with van der Waals surface area (Å²) in [4.78, 5) is 29.2. The number of halogens is 1. The lowest BCUT2D eigenvalue weighted by molar-refractivity contribution is -0.145. The third-order valence-electron chi connectivity index (χ3n) is 3.33. The van der Waals surface area contributed by atoms with Gasteiger partial charge in [0.1, 0.15) is 6.10 Å². The summed E-state index contributed by atoms with van der Waals surface area (Å²) in [6, 6.07) is 3.65. The van der Waals surface area contributed by atoms with Gasteiger partial charge in [-0.05, 0) is 28.9 Å². The Morgan fingerprint density at radius 3 is 2.91 bits per heavy atom. The molecule has 6 nitrogen and oxygen atoms in total. The summed E-state index contributed by atoms with van der Waals surface area (Å²) in [5.74, 6) is 0.179. The van der Waals surface area contributed by atoms with Crippen molar-refractivity contribution in [3.05, 3.63) is 22.8 Å². The number of nitrogens with zero attached hydrogens (tertiary/aromatic N) is 2. The van der Waals surface area contributed by atoms with E-state index in [0.717, 1.165) is 10.9 Å². The highest BCUT2D eigenvalue weighted by molar-refractivity contribution is 9.10. The maximum absolute atomic E-state index is 12.0. The van der Waals surface area contributed by atoms with Crippen LogP contribution in [0.15, 0.2) is 22.8 Å². The minimum atomic E-state index is -0.332.